The molecule has 3 heterocycles. The Morgan fingerprint density at radius 1 is 1.29 bits per heavy atom. The first-order valence-corrected chi connectivity index (χ1v) is 10.9. The minimum absolute atomic E-state index is 0.0906. The number of hydrogen-bond acceptors (Lipinski definition) is 8. The van der Waals surface area contributed by atoms with E-state index in [2.05, 4.69) is 10.1 Å². The van der Waals surface area contributed by atoms with Gasteiger partial charge in [0, 0.05) is 25.2 Å². The lowest BCUT2D eigenvalue weighted by Gasteiger charge is -2.30. The maximum absolute atomic E-state index is 13.0. The number of aromatic nitrogens is 2. The largest absolute Gasteiger partial charge is 0.339 e. The van der Waals surface area contributed by atoms with Crippen LogP contribution in [-0.2, 0) is 10.0 Å². The van der Waals surface area contributed by atoms with Crippen molar-refractivity contribution in [2.45, 2.75) is 23.7 Å². The molecule has 2 aromatic heterocycles. The molecule has 11 heteroatoms. The zero-order valence-corrected chi connectivity index (χ0v) is 16.2. The van der Waals surface area contributed by atoms with E-state index in [-0.39, 0.29) is 23.0 Å². The second-order valence-corrected chi connectivity index (χ2v) is 9.28. The van der Waals surface area contributed by atoms with Crippen LogP contribution in [0.15, 0.2) is 51.2 Å². The fraction of sp³-hybridized carbons (Fsp3) is 0.294. The Kier molecular flexibility index (Phi) is 4.96. The van der Waals surface area contributed by atoms with E-state index < -0.39 is 14.9 Å². The van der Waals surface area contributed by atoms with Crippen LogP contribution in [0, 0.1) is 10.1 Å². The number of nitrogens with zero attached hydrogens (tertiary/aromatic N) is 4. The van der Waals surface area contributed by atoms with E-state index in [0.29, 0.717) is 24.7 Å². The van der Waals surface area contributed by atoms with Crippen LogP contribution in [0.4, 0.5) is 5.69 Å². The molecule has 1 atom stereocenters. The zero-order valence-electron chi connectivity index (χ0n) is 14.6. The van der Waals surface area contributed by atoms with Crippen molar-refractivity contribution in [1.82, 2.24) is 14.4 Å². The molecule has 0 N–H and O–H groups in total. The maximum atomic E-state index is 13.0. The van der Waals surface area contributed by atoms with Gasteiger partial charge in [0.05, 0.1) is 20.6 Å². The lowest BCUT2D eigenvalue weighted by atomic mass is 10.00. The van der Waals surface area contributed by atoms with Gasteiger partial charge in [-0.25, -0.2) is 8.42 Å². The summed E-state index contributed by atoms with van der Waals surface area (Å²) in [4.78, 5) is 15.6. The van der Waals surface area contributed by atoms with Crippen LogP contribution >= 0.6 is 11.3 Å². The predicted molar refractivity (Wildman–Crippen MR) is 101 cm³/mol. The number of benzene rings is 1. The summed E-state index contributed by atoms with van der Waals surface area (Å²) in [5.74, 6) is 0.675. The van der Waals surface area contributed by atoms with Crippen LogP contribution in [-0.4, -0.2) is 40.9 Å². The third-order valence-electron chi connectivity index (χ3n) is 4.58. The average Bonchev–Trinajstić information content (AvgIpc) is 3.40. The Hall–Kier alpha value is -2.63. The van der Waals surface area contributed by atoms with Gasteiger partial charge in [-0.1, -0.05) is 17.3 Å². The first-order valence-electron chi connectivity index (χ1n) is 8.57. The van der Waals surface area contributed by atoms with E-state index in [1.165, 1.54) is 33.8 Å². The average molecular weight is 420 g/mol. The second-order valence-electron chi connectivity index (χ2n) is 6.39. The summed E-state index contributed by atoms with van der Waals surface area (Å²) < 4.78 is 32.6. The minimum atomic E-state index is -3.85. The number of hydrogen-bond donors (Lipinski definition) is 0. The summed E-state index contributed by atoms with van der Waals surface area (Å²) >= 11 is 1.50. The van der Waals surface area contributed by atoms with E-state index >= 15 is 0 Å². The molecule has 146 valence electrons. The highest BCUT2D eigenvalue weighted by Crippen LogP contribution is 2.32. The summed E-state index contributed by atoms with van der Waals surface area (Å²) in [5, 5.41) is 16.9. The van der Waals surface area contributed by atoms with E-state index in [1.54, 1.807) is 0 Å². The SMILES string of the molecule is O=[N+]([O-])c1cccc(S(=O)(=O)N2CCCC(c3nc(-c4cccs4)no3)C2)c1. The molecular weight excluding hydrogens is 404 g/mol. The van der Waals surface area contributed by atoms with E-state index in [4.69, 9.17) is 4.52 Å². The summed E-state index contributed by atoms with van der Waals surface area (Å²) in [6.07, 6.45) is 1.36. The standard InChI is InChI=1S/C17H16N4O5S2/c22-21(23)13-5-1-6-14(10-13)28(24,25)20-8-2-4-12(11-20)17-18-16(19-26-17)15-7-3-9-27-15/h1,3,5-7,9-10,12H,2,4,8,11H2. The van der Waals surface area contributed by atoms with Gasteiger partial charge in [-0.3, -0.25) is 10.1 Å². The quantitative estimate of drug-likeness (QED) is 0.459. The van der Waals surface area contributed by atoms with Crippen molar-refractivity contribution < 1.29 is 17.9 Å². The molecule has 4 rings (SSSR count). The molecule has 1 aliphatic heterocycles. The lowest BCUT2D eigenvalue weighted by molar-refractivity contribution is -0.385. The number of non-ortho nitro benzene ring substituents is 1. The highest BCUT2D eigenvalue weighted by atomic mass is 32.2. The number of thiophene rings is 1. The van der Waals surface area contributed by atoms with Crippen molar-refractivity contribution in [1.29, 1.82) is 0 Å². The zero-order chi connectivity index (χ0) is 19.7. The van der Waals surface area contributed by atoms with Crippen molar-refractivity contribution in [3.8, 4) is 10.7 Å². The van der Waals surface area contributed by atoms with Crippen molar-refractivity contribution in [3.05, 3.63) is 57.8 Å². The molecule has 0 amide bonds. The van der Waals surface area contributed by atoms with Crippen molar-refractivity contribution >= 4 is 27.0 Å². The molecule has 28 heavy (non-hydrogen) atoms. The smallest absolute Gasteiger partial charge is 0.270 e. The lowest BCUT2D eigenvalue weighted by Crippen LogP contribution is -2.39. The molecule has 0 bridgehead atoms. The number of piperidine rings is 1. The number of sulfonamides is 1. The Balaban J connectivity index is 1.56. The van der Waals surface area contributed by atoms with E-state index in [9.17, 15) is 18.5 Å². The monoisotopic (exact) mass is 420 g/mol. The number of rotatable bonds is 5. The summed E-state index contributed by atoms with van der Waals surface area (Å²) in [5.41, 5.74) is -0.257. The predicted octanol–water partition coefficient (Wildman–Crippen LogP) is 3.27. The van der Waals surface area contributed by atoms with Gasteiger partial charge in [0.25, 0.3) is 5.69 Å². The molecule has 1 saturated heterocycles. The van der Waals surface area contributed by atoms with Gasteiger partial charge in [-0.05, 0) is 30.4 Å². The van der Waals surface area contributed by atoms with Gasteiger partial charge in [-0.2, -0.15) is 9.29 Å². The first-order chi connectivity index (χ1) is 13.4. The molecule has 1 fully saturated rings. The van der Waals surface area contributed by atoms with Gasteiger partial charge in [0.2, 0.25) is 21.7 Å². The van der Waals surface area contributed by atoms with Crippen molar-refractivity contribution in [3.63, 3.8) is 0 Å². The molecule has 0 spiro atoms. The molecule has 9 nitrogen and oxygen atoms in total. The van der Waals surface area contributed by atoms with E-state index in [1.807, 2.05) is 17.5 Å². The normalized spacial score (nSPS) is 18.2. The minimum Gasteiger partial charge on any atom is -0.339 e. The molecule has 1 aromatic carbocycles. The van der Waals surface area contributed by atoms with Crippen LogP contribution in [0.25, 0.3) is 10.7 Å². The highest BCUT2D eigenvalue weighted by molar-refractivity contribution is 7.89. The van der Waals surface area contributed by atoms with Gasteiger partial charge in [0.15, 0.2) is 0 Å². The molecule has 1 aliphatic rings. The number of nitro benzene ring substituents is 1. The Labute approximate surface area is 164 Å². The third kappa shape index (κ3) is 3.55. The highest BCUT2D eigenvalue weighted by Gasteiger charge is 2.34. The fourth-order valence-corrected chi connectivity index (χ4v) is 5.39. The van der Waals surface area contributed by atoms with Crippen LogP contribution in [0.3, 0.4) is 0 Å². The topological polar surface area (TPSA) is 119 Å². The first kappa shape index (κ1) is 18.7. The van der Waals surface area contributed by atoms with Crippen LogP contribution in [0.5, 0.6) is 0 Å². The van der Waals surface area contributed by atoms with Crippen LogP contribution < -0.4 is 0 Å². The van der Waals surface area contributed by atoms with Gasteiger partial charge in [0.1, 0.15) is 0 Å². The van der Waals surface area contributed by atoms with Crippen LogP contribution in [0.1, 0.15) is 24.7 Å². The summed E-state index contributed by atoms with van der Waals surface area (Å²) in [6, 6.07) is 8.87. The fourth-order valence-electron chi connectivity index (χ4n) is 3.18. The molecule has 3 aromatic rings. The van der Waals surface area contributed by atoms with Crippen molar-refractivity contribution in [2.75, 3.05) is 13.1 Å². The van der Waals surface area contributed by atoms with Crippen LogP contribution in [0.2, 0.25) is 0 Å². The molecule has 0 saturated carbocycles. The molecular formula is C17H16N4O5S2. The number of nitro groups is 1. The molecule has 0 radical (unpaired) electrons. The van der Waals surface area contributed by atoms with E-state index in [0.717, 1.165) is 17.4 Å². The molecule has 0 aliphatic carbocycles. The second kappa shape index (κ2) is 7.41. The van der Waals surface area contributed by atoms with Gasteiger partial charge >= 0.3 is 0 Å². The van der Waals surface area contributed by atoms with Gasteiger partial charge in [-0.15, -0.1) is 11.3 Å². The summed E-state index contributed by atoms with van der Waals surface area (Å²) in [6.45, 7) is 0.532. The Morgan fingerprint density at radius 3 is 2.89 bits per heavy atom. The Morgan fingerprint density at radius 2 is 2.14 bits per heavy atom. The van der Waals surface area contributed by atoms with Gasteiger partial charge < -0.3 is 4.52 Å². The maximum Gasteiger partial charge on any atom is 0.270 e. The van der Waals surface area contributed by atoms with Crippen molar-refractivity contribution in [2.24, 2.45) is 0 Å². The third-order valence-corrected chi connectivity index (χ3v) is 7.31. The summed E-state index contributed by atoms with van der Waals surface area (Å²) in [7, 11) is -3.85. The molecule has 1 unspecified atom stereocenters. The Bertz CT molecular complexity index is 1090.